The maximum Gasteiger partial charge on any atom is 0.243 e. The largest absolute Gasteiger partial charge is 0.378 e. The molecule has 0 saturated carbocycles. The highest BCUT2D eigenvalue weighted by molar-refractivity contribution is 5.93. The lowest BCUT2D eigenvalue weighted by Gasteiger charge is -2.21. The summed E-state index contributed by atoms with van der Waals surface area (Å²) < 4.78 is 0. The van der Waals surface area contributed by atoms with Crippen LogP contribution in [0.1, 0.15) is 13.8 Å². The van der Waals surface area contributed by atoms with Gasteiger partial charge in [0.25, 0.3) is 0 Å². The van der Waals surface area contributed by atoms with Gasteiger partial charge in [0.2, 0.25) is 5.91 Å². The van der Waals surface area contributed by atoms with E-state index in [0.717, 1.165) is 30.2 Å². The molecule has 2 N–H and O–H groups in total. The van der Waals surface area contributed by atoms with Gasteiger partial charge in [-0.1, -0.05) is 0 Å². The molecule has 0 unspecified atom stereocenters. The second-order valence-electron chi connectivity index (χ2n) is 6.06. The van der Waals surface area contributed by atoms with Crippen molar-refractivity contribution in [2.24, 2.45) is 0 Å². The molecule has 0 spiro atoms. The normalized spacial score (nSPS) is 10.2. The summed E-state index contributed by atoms with van der Waals surface area (Å²) in [5.41, 5.74) is 4.04. The Bertz CT molecular complexity index is 661. The highest BCUT2D eigenvalue weighted by Crippen LogP contribution is 2.18. The smallest absolute Gasteiger partial charge is 0.243 e. The van der Waals surface area contributed by atoms with Gasteiger partial charge in [-0.05, 0) is 62.4 Å². The molecule has 5 heteroatoms. The van der Waals surface area contributed by atoms with Gasteiger partial charge in [-0.3, -0.25) is 4.79 Å². The van der Waals surface area contributed by atoms with Crippen molar-refractivity contribution >= 4 is 28.7 Å². The molecular formula is C20H28N4O. The molecule has 0 saturated heterocycles. The van der Waals surface area contributed by atoms with Gasteiger partial charge in [-0.15, -0.1) is 0 Å². The summed E-state index contributed by atoms with van der Waals surface area (Å²) >= 11 is 0. The third-order valence-electron chi connectivity index (χ3n) is 4.12. The maximum absolute atomic E-state index is 12.1. The Hall–Kier alpha value is -2.69. The Morgan fingerprint density at radius 3 is 1.88 bits per heavy atom. The third kappa shape index (κ3) is 5.41. The number of rotatable bonds is 8. The van der Waals surface area contributed by atoms with Crippen LogP contribution < -0.4 is 20.4 Å². The summed E-state index contributed by atoms with van der Waals surface area (Å²) in [6.07, 6.45) is 0. The molecule has 2 rings (SSSR count). The molecular weight excluding hydrogens is 312 g/mol. The zero-order valence-electron chi connectivity index (χ0n) is 15.5. The summed E-state index contributed by atoms with van der Waals surface area (Å²) in [7, 11) is 4.00. The van der Waals surface area contributed by atoms with Crippen LogP contribution in [0.5, 0.6) is 0 Å². The van der Waals surface area contributed by atoms with E-state index in [2.05, 4.69) is 29.4 Å². The molecule has 0 aromatic heterocycles. The molecule has 0 aliphatic heterocycles. The minimum absolute atomic E-state index is 0.0627. The van der Waals surface area contributed by atoms with E-state index in [4.69, 9.17) is 0 Å². The number of anilines is 4. The lowest BCUT2D eigenvalue weighted by Crippen LogP contribution is -2.23. The number of nitrogens with one attached hydrogen (secondary N) is 2. The Balaban J connectivity index is 1.85. The molecule has 2 aromatic rings. The van der Waals surface area contributed by atoms with Gasteiger partial charge in [0, 0.05) is 49.9 Å². The maximum atomic E-state index is 12.1. The van der Waals surface area contributed by atoms with Crippen LogP contribution in [0, 0.1) is 0 Å². The van der Waals surface area contributed by atoms with Gasteiger partial charge >= 0.3 is 0 Å². The van der Waals surface area contributed by atoms with Crippen LogP contribution in [0.25, 0.3) is 0 Å². The molecule has 0 heterocycles. The molecule has 0 bridgehead atoms. The van der Waals surface area contributed by atoms with Crippen molar-refractivity contribution in [3.05, 3.63) is 48.5 Å². The average molecular weight is 340 g/mol. The first-order valence-corrected chi connectivity index (χ1v) is 8.69. The summed E-state index contributed by atoms with van der Waals surface area (Å²) in [6.45, 7) is 6.45. The predicted octanol–water partition coefficient (Wildman–Crippen LogP) is 3.65. The summed E-state index contributed by atoms with van der Waals surface area (Å²) in [6, 6.07) is 15.9. The number of benzene rings is 2. The van der Waals surface area contributed by atoms with Crippen LogP contribution >= 0.6 is 0 Å². The van der Waals surface area contributed by atoms with Crippen molar-refractivity contribution in [3.8, 4) is 0 Å². The first kappa shape index (κ1) is 18.6. The van der Waals surface area contributed by atoms with Crippen molar-refractivity contribution in [1.82, 2.24) is 0 Å². The highest BCUT2D eigenvalue weighted by atomic mass is 16.1. The van der Waals surface area contributed by atoms with Crippen molar-refractivity contribution in [2.45, 2.75) is 13.8 Å². The Morgan fingerprint density at radius 2 is 1.36 bits per heavy atom. The Morgan fingerprint density at radius 1 is 0.840 bits per heavy atom. The van der Waals surface area contributed by atoms with Gasteiger partial charge in [0.1, 0.15) is 0 Å². The first-order chi connectivity index (χ1) is 12.0. The minimum Gasteiger partial charge on any atom is -0.378 e. The molecule has 1 amide bonds. The van der Waals surface area contributed by atoms with Gasteiger partial charge in [-0.2, -0.15) is 0 Å². The molecule has 0 fully saturated rings. The van der Waals surface area contributed by atoms with E-state index in [1.807, 2.05) is 67.5 Å². The van der Waals surface area contributed by atoms with Gasteiger partial charge in [0.15, 0.2) is 0 Å². The molecule has 0 aliphatic carbocycles. The second-order valence-corrected chi connectivity index (χ2v) is 6.06. The fourth-order valence-electron chi connectivity index (χ4n) is 2.61. The van der Waals surface area contributed by atoms with Crippen LogP contribution in [0.3, 0.4) is 0 Å². The van der Waals surface area contributed by atoms with Crippen LogP contribution in [-0.4, -0.2) is 39.6 Å². The number of amides is 1. The number of hydrogen-bond donors (Lipinski definition) is 2. The second kappa shape index (κ2) is 8.97. The van der Waals surface area contributed by atoms with E-state index in [1.54, 1.807) is 0 Å². The molecule has 25 heavy (non-hydrogen) atoms. The Labute approximate surface area is 150 Å². The van der Waals surface area contributed by atoms with Gasteiger partial charge in [0.05, 0.1) is 6.54 Å². The van der Waals surface area contributed by atoms with Crippen molar-refractivity contribution in [3.63, 3.8) is 0 Å². The molecule has 0 aliphatic rings. The van der Waals surface area contributed by atoms with Crippen LogP contribution in [-0.2, 0) is 4.79 Å². The van der Waals surface area contributed by atoms with Gasteiger partial charge in [-0.25, -0.2) is 0 Å². The topological polar surface area (TPSA) is 47.6 Å². The van der Waals surface area contributed by atoms with Crippen molar-refractivity contribution < 1.29 is 4.79 Å². The van der Waals surface area contributed by atoms with Gasteiger partial charge < -0.3 is 20.4 Å². The fourth-order valence-corrected chi connectivity index (χ4v) is 2.61. The van der Waals surface area contributed by atoms with E-state index in [1.165, 1.54) is 5.69 Å². The predicted molar refractivity (Wildman–Crippen MR) is 108 cm³/mol. The molecule has 5 nitrogen and oxygen atoms in total. The van der Waals surface area contributed by atoms with Crippen LogP contribution in [0.2, 0.25) is 0 Å². The third-order valence-corrected chi connectivity index (χ3v) is 4.12. The van der Waals surface area contributed by atoms with E-state index >= 15 is 0 Å². The minimum atomic E-state index is -0.0627. The lowest BCUT2D eigenvalue weighted by atomic mass is 10.2. The monoisotopic (exact) mass is 340 g/mol. The first-order valence-electron chi connectivity index (χ1n) is 8.69. The molecule has 0 atom stereocenters. The summed E-state index contributed by atoms with van der Waals surface area (Å²) in [4.78, 5) is 16.4. The Kier molecular flexibility index (Phi) is 6.69. The number of carbonyl (C=O) groups is 1. The standard InChI is InChI=1S/C20H28N4O/c1-5-24(6-2)19-13-9-17(10-14-19)22-20(25)15-21-16-7-11-18(12-8-16)23(3)4/h7-14,21H,5-6,15H2,1-4H3,(H,22,25). The molecule has 2 aromatic carbocycles. The fraction of sp³-hybridized carbons (Fsp3) is 0.350. The number of nitrogens with zero attached hydrogens (tertiary/aromatic N) is 2. The van der Waals surface area contributed by atoms with E-state index in [-0.39, 0.29) is 12.5 Å². The van der Waals surface area contributed by atoms with Crippen LogP contribution in [0.15, 0.2) is 48.5 Å². The van der Waals surface area contributed by atoms with Crippen LogP contribution in [0.4, 0.5) is 22.7 Å². The summed E-state index contributed by atoms with van der Waals surface area (Å²) in [5.74, 6) is -0.0627. The van der Waals surface area contributed by atoms with Crippen molar-refractivity contribution in [2.75, 3.05) is 54.2 Å². The average Bonchev–Trinajstić information content (AvgIpc) is 2.63. The number of carbonyl (C=O) groups excluding carboxylic acids is 1. The van der Waals surface area contributed by atoms with E-state index < -0.39 is 0 Å². The van der Waals surface area contributed by atoms with E-state index in [0.29, 0.717) is 0 Å². The molecule has 0 radical (unpaired) electrons. The zero-order chi connectivity index (χ0) is 18.2. The lowest BCUT2D eigenvalue weighted by molar-refractivity contribution is -0.114. The summed E-state index contributed by atoms with van der Waals surface area (Å²) in [5, 5.41) is 6.06. The SMILES string of the molecule is CCN(CC)c1ccc(NC(=O)CNc2ccc(N(C)C)cc2)cc1. The van der Waals surface area contributed by atoms with Crippen molar-refractivity contribution in [1.29, 1.82) is 0 Å². The highest BCUT2D eigenvalue weighted by Gasteiger charge is 2.05. The van der Waals surface area contributed by atoms with E-state index in [9.17, 15) is 4.79 Å². The quantitative estimate of drug-likeness (QED) is 0.770. The molecule has 134 valence electrons. The number of hydrogen-bond acceptors (Lipinski definition) is 4. The zero-order valence-corrected chi connectivity index (χ0v) is 15.5.